The van der Waals surface area contributed by atoms with Crippen molar-refractivity contribution in [2.24, 2.45) is 0 Å². The van der Waals surface area contributed by atoms with Gasteiger partial charge in [-0.1, -0.05) is 19.3 Å². The second kappa shape index (κ2) is 7.37. The number of ether oxygens (including phenoxy) is 2. The van der Waals surface area contributed by atoms with Gasteiger partial charge in [0.1, 0.15) is 5.54 Å². The number of urea groups is 1. The van der Waals surface area contributed by atoms with Crippen molar-refractivity contribution in [2.45, 2.75) is 44.3 Å². The Labute approximate surface area is 153 Å². The van der Waals surface area contributed by atoms with E-state index in [9.17, 15) is 23.2 Å². The van der Waals surface area contributed by atoms with Crippen molar-refractivity contribution >= 4 is 17.8 Å². The van der Waals surface area contributed by atoms with Crippen LogP contribution in [0.2, 0.25) is 0 Å². The first kappa shape index (κ1) is 18.9. The predicted octanol–water partition coefficient (Wildman–Crippen LogP) is 2.20. The van der Waals surface area contributed by atoms with Gasteiger partial charge < -0.3 is 14.8 Å². The van der Waals surface area contributed by atoms with Crippen molar-refractivity contribution in [3.05, 3.63) is 23.8 Å². The molecule has 0 aromatic heterocycles. The maximum absolute atomic E-state index is 12.7. The van der Waals surface area contributed by atoms with E-state index in [0.717, 1.165) is 25.3 Å². The number of nitrogens with zero attached hydrogens (tertiary/aromatic N) is 1. The van der Waals surface area contributed by atoms with Gasteiger partial charge in [0.15, 0.2) is 11.5 Å². The van der Waals surface area contributed by atoms with Gasteiger partial charge in [-0.15, -0.1) is 0 Å². The Morgan fingerprint density at radius 2 is 1.93 bits per heavy atom. The van der Waals surface area contributed by atoms with Crippen LogP contribution in [0.15, 0.2) is 18.2 Å². The quantitative estimate of drug-likeness (QED) is 0.760. The first-order valence-electron chi connectivity index (χ1n) is 8.47. The third-order valence-electron chi connectivity index (χ3n) is 4.72. The number of carbonyl (C=O) groups is 3. The number of rotatable bonds is 5. The molecule has 10 heteroatoms. The van der Waals surface area contributed by atoms with Crippen LogP contribution in [0, 0.1) is 0 Å². The zero-order chi connectivity index (χ0) is 19.6. The van der Waals surface area contributed by atoms with E-state index in [-0.39, 0.29) is 17.1 Å². The minimum absolute atomic E-state index is 0.0126. The zero-order valence-electron chi connectivity index (χ0n) is 14.6. The molecule has 3 rings (SSSR count). The largest absolute Gasteiger partial charge is 0.493 e. The first-order valence-corrected chi connectivity index (χ1v) is 8.47. The summed E-state index contributed by atoms with van der Waals surface area (Å²) in [7, 11) is 1.24. The molecule has 1 heterocycles. The molecule has 1 aromatic rings. The Bertz CT molecular complexity index is 765. The summed E-state index contributed by atoms with van der Waals surface area (Å²) in [5, 5.41) is 3.34. The monoisotopic (exact) mass is 383 g/mol. The molecule has 0 atom stereocenters. The van der Waals surface area contributed by atoms with Crippen LogP contribution in [0.1, 0.15) is 42.5 Å². The van der Waals surface area contributed by atoms with Crippen molar-refractivity contribution < 1.29 is 32.6 Å². The second-order valence-electron chi connectivity index (χ2n) is 6.40. The molecule has 1 aliphatic carbocycles. The van der Waals surface area contributed by atoms with Gasteiger partial charge in [-0.3, -0.25) is 15.0 Å². The Hall–Kier alpha value is -2.91. The molecule has 0 bridgehead atoms. The minimum Gasteiger partial charge on any atom is -0.493 e. The topological polar surface area (TPSA) is 97.0 Å². The van der Waals surface area contributed by atoms with Gasteiger partial charge in [0.25, 0.3) is 11.8 Å². The van der Waals surface area contributed by atoms with Gasteiger partial charge in [0.05, 0.1) is 7.11 Å². The highest BCUT2D eigenvalue weighted by atomic mass is 19.3. The van der Waals surface area contributed by atoms with E-state index < -0.39 is 30.0 Å². The number of imide groups is 1. The highest BCUT2D eigenvalue weighted by Crippen LogP contribution is 2.33. The molecule has 0 radical (unpaired) electrons. The smallest absolute Gasteiger partial charge is 0.387 e. The Morgan fingerprint density at radius 1 is 1.22 bits per heavy atom. The maximum Gasteiger partial charge on any atom is 0.387 e. The van der Waals surface area contributed by atoms with Crippen LogP contribution >= 0.6 is 0 Å². The lowest BCUT2D eigenvalue weighted by Crippen LogP contribution is -2.50. The van der Waals surface area contributed by atoms with E-state index >= 15 is 0 Å². The third-order valence-corrected chi connectivity index (χ3v) is 4.72. The van der Waals surface area contributed by atoms with Crippen LogP contribution in [0.5, 0.6) is 11.5 Å². The molecule has 8 nitrogen and oxygen atoms in total. The molecule has 27 heavy (non-hydrogen) atoms. The molecular weight excluding hydrogens is 364 g/mol. The molecule has 1 saturated carbocycles. The molecule has 0 unspecified atom stereocenters. The molecule has 1 spiro atoms. The van der Waals surface area contributed by atoms with Crippen molar-refractivity contribution in [3.8, 4) is 11.5 Å². The van der Waals surface area contributed by atoms with Crippen LogP contribution in [-0.4, -0.2) is 42.1 Å². The normalized spacial score (nSPS) is 18.6. The van der Waals surface area contributed by atoms with E-state index in [4.69, 9.17) is 4.74 Å². The number of hydrogen-bond donors (Lipinski definition) is 2. The summed E-state index contributed by atoms with van der Waals surface area (Å²) in [4.78, 5) is 37.3. The number of hydrogen-bond acceptors (Lipinski definition) is 5. The average Bonchev–Trinajstić information content (AvgIpc) is 2.86. The Morgan fingerprint density at radius 3 is 2.56 bits per heavy atom. The minimum atomic E-state index is -3.05. The number of carbonyl (C=O) groups excluding carboxylic acids is 3. The molecule has 146 valence electrons. The zero-order valence-corrected chi connectivity index (χ0v) is 14.6. The van der Waals surface area contributed by atoms with Crippen molar-refractivity contribution in [3.63, 3.8) is 0 Å². The number of methoxy groups -OCH3 is 1. The molecule has 1 saturated heterocycles. The number of hydrazine groups is 1. The summed E-state index contributed by atoms with van der Waals surface area (Å²) >= 11 is 0. The van der Waals surface area contributed by atoms with Crippen LogP contribution in [0.25, 0.3) is 0 Å². The van der Waals surface area contributed by atoms with Gasteiger partial charge in [0.2, 0.25) is 0 Å². The van der Waals surface area contributed by atoms with E-state index in [1.165, 1.54) is 19.2 Å². The summed E-state index contributed by atoms with van der Waals surface area (Å²) in [6, 6.07) is 2.86. The van der Waals surface area contributed by atoms with Gasteiger partial charge in [0, 0.05) is 5.56 Å². The standard InChI is InChI=1S/C17H19F2N3O5/c1-26-12-9-10(5-6-11(12)27-15(18)19)13(23)21-22-14(24)17(20-16(22)25)7-3-2-4-8-17/h5-6,9,15H,2-4,7-8H2,1H3,(H,20,25)(H,21,23). The number of halogens is 2. The number of benzene rings is 1. The van der Waals surface area contributed by atoms with Crippen LogP contribution in [0.3, 0.4) is 0 Å². The summed E-state index contributed by atoms with van der Waals surface area (Å²) in [6.07, 6.45) is 3.67. The molecular formula is C17H19F2N3O5. The predicted molar refractivity (Wildman–Crippen MR) is 88.3 cm³/mol. The van der Waals surface area contributed by atoms with Crippen LogP contribution < -0.4 is 20.2 Å². The average molecular weight is 383 g/mol. The first-order chi connectivity index (χ1) is 12.9. The summed E-state index contributed by atoms with van der Waals surface area (Å²) in [6.45, 7) is -3.05. The fourth-order valence-electron chi connectivity index (χ4n) is 3.38. The fraction of sp³-hybridized carbons (Fsp3) is 0.471. The van der Waals surface area contributed by atoms with E-state index in [0.29, 0.717) is 17.9 Å². The van der Waals surface area contributed by atoms with Crippen molar-refractivity contribution in [1.82, 2.24) is 15.8 Å². The molecule has 1 aromatic carbocycles. The lowest BCUT2D eigenvalue weighted by molar-refractivity contribution is -0.134. The van der Waals surface area contributed by atoms with E-state index in [2.05, 4.69) is 15.5 Å². The maximum atomic E-state index is 12.7. The second-order valence-corrected chi connectivity index (χ2v) is 6.40. The lowest BCUT2D eigenvalue weighted by Gasteiger charge is -2.30. The molecule has 2 N–H and O–H groups in total. The van der Waals surface area contributed by atoms with Crippen molar-refractivity contribution in [2.75, 3.05) is 7.11 Å². The van der Waals surface area contributed by atoms with Gasteiger partial charge in [-0.25, -0.2) is 4.79 Å². The molecule has 1 aliphatic heterocycles. The highest BCUT2D eigenvalue weighted by Gasteiger charge is 2.52. The molecule has 2 fully saturated rings. The van der Waals surface area contributed by atoms with E-state index in [1.807, 2.05) is 0 Å². The number of amides is 4. The lowest BCUT2D eigenvalue weighted by atomic mass is 9.82. The van der Waals surface area contributed by atoms with Crippen LogP contribution in [-0.2, 0) is 4.79 Å². The summed E-state index contributed by atoms with van der Waals surface area (Å²) < 4.78 is 34.0. The molecule has 2 aliphatic rings. The van der Waals surface area contributed by atoms with Gasteiger partial charge in [-0.2, -0.15) is 13.8 Å². The number of alkyl halides is 2. The van der Waals surface area contributed by atoms with E-state index in [1.54, 1.807) is 0 Å². The van der Waals surface area contributed by atoms with Crippen LogP contribution in [0.4, 0.5) is 13.6 Å². The van der Waals surface area contributed by atoms with Gasteiger partial charge >= 0.3 is 12.6 Å². The molecule has 4 amide bonds. The Balaban J connectivity index is 1.75. The van der Waals surface area contributed by atoms with Crippen molar-refractivity contribution in [1.29, 1.82) is 0 Å². The summed E-state index contributed by atoms with van der Waals surface area (Å²) in [5.74, 6) is -1.57. The fourth-order valence-corrected chi connectivity index (χ4v) is 3.38. The summed E-state index contributed by atoms with van der Waals surface area (Å²) in [5.41, 5.74) is 1.32. The highest BCUT2D eigenvalue weighted by molar-refractivity contribution is 6.09. The third kappa shape index (κ3) is 3.64. The number of nitrogens with one attached hydrogen (secondary N) is 2. The van der Waals surface area contributed by atoms with Gasteiger partial charge in [-0.05, 0) is 31.0 Å². The Kier molecular flexibility index (Phi) is 5.15. The SMILES string of the molecule is COc1cc(C(=O)NN2C(=O)NC3(CCCCC3)C2=O)ccc1OC(F)F.